The van der Waals surface area contributed by atoms with Crippen molar-refractivity contribution in [2.45, 2.75) is 102 Å². The normalized spacial score (nSPS) is 16.3. The number of rotatable bonds is 17. The van der Waals surface area contributed by atoms with Gasteiger partial charge < -0.3 is 37.1 Å². The minimum absolute atomic E-state index is 0.0905. The highest BCUT2D eigenvalue weighted by Gasteiger charge is 2.42. The van der Waals surface area contributed by atoms with Gasteiger partial charge in [-0.1, -0.05) is 32.5 Å². The summed E-state index contributed by atoms with van der Waals surface area (Å²) in [6.07, 6.45) is 8.84. The fourth-order valence-corrected chi connectivity index (χ4v) is 7.59. The molecule has 0 amide bonds. The van der Waals surface area contributed by atoms with Crippen molar-refractivity contribution in [2.24, 2.45) is 7.05 Å². The first kappa shape index (κ1) is 38.3. The Morgan fingerprint density at radius 1 is 1.12 bits per heavy atom. The van der Waals surface area contributed by atoms with E-state index in [1.54, 1.807) is 31.0 Å². The van der Waals surface area contributed by atoms with Crippen LogP contribution in [0.25, 0.3) is 22.2 Å². The maximum Gasteiger partial charge on any atom is 0.255 e. The molecule has 4 heterocycles. The number of nitrogens with zero attached hydrogens (tertiary/aromatic N) is 4. The Hall–Kier alpha value is -2.98. The second-order valence-corrected chi connectivity index (χ2v) is 22.7. The minimum Gasteiger partial charge on any atom is -0.598 e. The number of oxazole rings is 1. The number of ether oxygens (including phenoxy) is 4. The van der Waals surface area contributed by atoms with Gasteiger partial charge in [-0.05, 0) is 57.2 Å². The molecule has 0 bridgehead atoms. The zero-order valence-electron chi connectivity index (χ0n) is 30.7. The number of hydrogen-bond donors (Lipinski definition) is 1. The van der Waals surface area contributed by atoms with Crippen molar-refractivity contribution in [1.82, 2.24) is 23.8 Å². The van der Waals surface area contributed by atoms with Crippen LogP contribution in [-0.2, 0) is 45.1 Å². The first-order chi connectivity index (χ1) is 23.7. The van der Waals surface area contributed by atoms with Crippen LogP contribution in [0.3, 0.4) is 0 Å². The van der Waals surface area contributed by atoms with Crippen LogP contribution in [-0.4, -0.2) is 63.4 Å². The first-order valence-electron chi connectivity index (χ1n) is 17.4. The van der Waals surface area contributed by atoms with Crippen LogP contribution in [0.1, 0.15) is 70.6 Å². The molecule has 0 saturated carbocycles. The van der Waals surface area contributed by atoms with Gasteiger partial charge in [0.1, 0.15) is 35.4 Å². The molecule has 1 N–H and O–H groups in total. The van der Waals surface area contributed by atoms with Crippen molar-refractivity contribution in [3.8, 4) is 17.0 Å². The Bertz CT molecular complexity index is 1760. The molecule has 5 rings (SSSR count). The van der Waals surface area contributed by atoms with Crippen LogP contribution in [0.4, 0.5) is 0 Å². The molecular formula is C36H53N5O7SSi. The monoisotopic (exact) mass is 727 g/mol. The Morgan fingerprint density at radius 2 is 1.88 bits per heavy atom. The Kier molecular flexibility index (Phi) is 12.3. The van der Waals surface area contributed by atoms with Gasteiger partial charge in [-0.15, -0.1) is 4.72 Å². The molecule has 1 aliphatic heterocycles. The summed E-state index contributed by atoms with van der Waals surface area (Å²) in [5, 5.41) is 0.901. The number of aromatic nitrogens is 4. The van der Waals surface area contributed by atoms with Crippen molar-refractivity contribution < 1.29 is 27.9 Å². The number of methoxy groups -OCH3 is 1. The topological polar surface area (TPSA) is 138 Å². The summed E-state index contributed by atoms with van der Waals surface area (Å²) in [5.41, 5.74) is 2.33. The predicted octanol–water partition coefficient (Wildman–Crippen LogP) is 6.65. The lowest BCUT2D eigenvalue weighted by molar-refractivity contribution is -0.187. The van der Waals surface area contributed by atoms with Crippen molar-refractivity contribution in [3.05, 3.63) is 65.0 Å². The first-order valence-corrected chi connectivity index (χ1v) is 22.3. The van der Waals surface area contributed by atoms with Crippen molar-refractivity contribution in [3.63, 3.8) is 0 Å². The quantitative estimate of drug-likeness (QED) is 0.0715. The summed E-state index contributed by atoms with van der Waals surface area (Å²) < 4.78 is 50.0. The number of fused-ring (bicyclic) bond motifs is 1. The number of nitrogens with one attached hydrogen (secondary N) is 1. The third-order valence-corrected chi connectivity index (χ3v) is 12.3. The van der Waals surface area contributed by atoms with E-state index in [4.69, 9.17) is 28.3 Å². The van der Waals surface area contributed by atoms with E-state index < -0.39 is 30.0 Å². The standard InChI is InChI=1S/C36H53N5O7SSi/c1-35(2,3)49(43)39-28(12-10-9-11-15-36(47-18-19-48-36)34-37-16-17-46-34)33-38-24-30(41(33)25-45-20-21-50(6,7)8)27-22-26-13-14-32(42)40(4)29(26)23-31(27)44-5/h13-14,16-17,22-24,28,39H,9-12,15,18-21,25H2,1-8H3/t28-,49?/m0/s1. The Labute approximate surface area is 299 Å². The second kappa shape index (κ2) is 16.1. The van der Waals surface area contributed by atoms with E-state index in [1.165, 1.54) is 6.26 Å². The lowest BCUT2D eigenvalue weighted by atomic mass is 10.0. The van der Waals surface area contributed by atoms with Crippen LogP contribution in [0.15, 0.2) is 52.1 Å². The average molecular weight is 728 g/mol. The van der Waals surface area contributed by atoms with Crippen LogP contribution >= 0.6 is 0 Å². The van der Waals surface area contributed by atoms with E-state index in [9.17, 15) is 9.35 Å². The van der Waals surface area contributed by atoms with E-state index in [0.29, 0.717) is 44.3 Å². The summed E-state index contributed by atoms with van der Waals surface area (Å²) in [5.74, 6) is 0.864. The molecule has 0 radical (unpaired) electrons. The molecule has 1 aliphatic rings. The zero-order chi connectivity index (χ0) is 36.1. The molecule has 274 valence electrons. The molecular weight excluding hydrogens is 675 g/mol. The number of hydrogen-bond acceptors (Lipinski definition) is 10. The molecule has 3 aromatic heterocycles. The third kappa shape index (κ3) is 9.08. The van der Waals surface area contributed by atoms with E-state index in [2.05, 4.69) is 33.9 Å². The van der Waals surface area contributed by atoms with Crippen molar-refractivity contribution in [1.29, 1.82) is 0 Å². The van der Waals surface area contributed by atoms with Crippen LogP contribution < -0.4 is 15.0 Å². The lowest BCUT2D eigenvalue weighted by Gasteiger charge is -2.28. The van der Waals surface area contributed by atoms with Gasteiger partial charge in [0.25, 0.3) is 11.4 Å². The highest BCUT2D eigenvalue weighted by molar-refractivity contribution is 7.90. The maximum absolute atomic E-state index is 13.6. The maximum atomic E-state index is 13.6. The van der Waals surface area contributed by atoms with Gasteiger partial charge in [-0.3, -0.25) is 4.79 Å². The minimum atomic E-state index is -1.35. The smallest absolute Gasteiger partial charge is 0.255 e. The van der Waals surface area contributed by atoms with Gasteiger partial charge in [0.15, 0.2) is 0 Å². The van der Waals surface area contributed by atoms with Gasteiger partial charge in [-0.25, -0.2) is 9.97 Å². The molecule has 1 fully saturated rings. The molecule has 12 nitrogen and oxygen atoms in total. The van der Waals surface area contributed by atoms with Gasteiger partial charge in [-0.2, -0.15) is 0 Å². The molecule has 1 saturated heterocycles. The Morgan fingerprint density at radius 3 is 2.54 bits per heavy atom. The van der Waals surface area contributed by atoms with Gasteiger partial charge in [0.2, 0.25) is 5.79 Å². The summed E-state index contributed by atoms with van der Waals surface area (Å²) in [6.45, 7) is 14.8. The number of pyridine rings is 1. The largest absolute Gasteiger partial charge is 0.598 e. The zero-order valence-corrected chi connectivity index (χ0v) is 32.6. The molecule has 2 atom stereocenters. The molecule has 4 aromatic rings. The van der Waals surface area contributed by atoms with Crippen molar-refractivity contribution in [2.75, 3.05) is 26.9 Å². The third-order valence-electron chi connectivity index (χ3n) is 8.95. The van der Waals surface area contributed by atoms with Crippen LogP contribution in [0.5, 0.6) is 5.75 Å². The van der Waals surface area contributed by atoms with Gasteiger partial charge >= 0.3 is 0 Å². The average Bonchev–Trinajstić information content (AvgIpc) is 3.85. The van der Waals surface area contributed by atoms with E-state index in [1.807, 2.05) is 45.2 Å². The van der Waals surface area contributed by atoms with E-state index >= 15 is 0 Å². The summed E-state index contributed by atoms with van der Waals surface area (Å²) in [7, 11) is 2.06. The predicted molar refractivity (Wildman–Crippen MR) is 198 cm³/mol. The molecule has 1 aromatic carbocycles. The second-order valence-electron chi connectivity index (χ2n) is 15.1. The molecule has 50 heavy (non-hydrogen) atoms. The van der Waals surface area contributed by atoms with E-state index in [0.717, 1.165) is 53.3 Å². The number of aryl methyl sites for hydroxylation is 1. The molecule has 0 spiro atoms. The summed E-state index contributed by atoms with van der Waals surface area (Å²) in [6, 6.07) is 8.02. The van der Waals surface area contributed by atoms with Gasteiger partial charge in [0, 0.05) is 57.2 Å². The Balaban J connectivity index is 1.44. The summed E-state index contributed by atoms with van der Waals surface area (Å²) >= 11 is -1.35. The molecule has 14 heteroatoms. The lowest BCUT2D eigenvalue weighted by Crippen LogP contribution is -2.42. The fourth-order valence-electron chi connectivity index (χ4n) is 5.99. The molecule has 0 aliphatic carbocycles. The number of unbranched alkanes of at least 4 members (excludes halogenated alkanes) is 2. The molecule has 1 unspecified atom stereocenters. The van der Waals surface area contributed by atoms with E-state index in [-0.39, 0.29) is 18.3 Å². The highest BCUT2D eigenvalue weighted by Crippen LogP contribution is 2.38. The van der Waals surface area contributed by atoms with Crippen LogP contribution in [0, 0.1) is 0 Å². The van der Waals surface area contributed by atoms with Gasteiger partial charge in [0.05, 0.1) is 43.9 Å². The number of benzene rings is 1. The SMILES string of the molecule is COc1cc2c(ccc(=O)n2C)cc1-c1cnc([C@H](CCCCCC2(c3ncco3)OCCO2)N[S+]([O-])C(C)(C)C)n1COCC[Si](C)(C)C. The van der Waals surface area contributed by atoms with Crippen LogP contribution in [0.2, 0.25) is 25.7 Å². The van der Waals surface area contributed by atoms with Crippen molar-refractivity contribution >= 4 is 30.3 Å². The summed E-state index contributed by atoms with van der Waals surface area (Å²) in [4.78, 5) is 21.7. The fraction of sp³-hybridized carbons (Fsp3) is 0.583. The number of imidazole rings is 1. The highest BCUT2D eigenvalue weighted by atomic mass is 32.2.